The zero-order chi connectivity index (χ0) is 18.1. The largest absolute Gasteiger partial charge is 0.426 e. The zero-order valence-corrected chi connectivity index (χ0v) is 13.8. The van der Waals surface area contributed by atoms with E-state index in [2.05, 4.69) is 6.92 Å². The lowest BCUT2D eigenvalue weighted by atomic mass is 9.68. The third kappa shape index (κ3) is 2.48. The van der Waals surface area contributed by atoms with E-state index in [4.69, 9.17) is 0 Å². The van der Waals surface area contributed by atoms with Gasteiger partial charge in [0.2, 0.25) is 0 Å². The molecule has 7 heteroatoms. The van der Waals surface area contributed by atoms with Crippen LogP contribution in [0.2, 0.25) is 0 Å². The summed E-state index contributed by atoms with van der Waals surface area (Å²) >= 11 is 0. The molecule has 0 radical (unpaired) electrons. The standard InChI is InChI=1S/C17H24F6O/c1-3-9-4-8(2)13-10-5-11(12(6-10)14(9)13)7-15(24,16(18,19)20)17(21,22)23/h8-14,24H,3-7H2,1-2H3. The van der Waals surface area contributed by atoms with E-state index >= 15 is 0 Å². The summed E-state index contributed by atoms with van der Waals surface area (Å²) in [5.74, 6) is 1.01. The first-order chi connectivity index (χ1) is 10.9. The smallest absolute Gasteiger partial charge is 0.374 e. The molecule has 7 unspecified atom stereocenters. The Balaban J connectivity index is 1.83. The Morgan fingerprint density at radius 2 is 1.46 bits per heavy atom. The molecule has 7 atom stereocenters. The summed E-state index contributed by atoms with van der Waals surface area (Å²) in [4.78, 5) is 0. The van der Waals surface area contributed by atoms with Crippen LogP contribution in [-0.4, -0.2) is 23.1 Å². The van der Waals surface area contributed by atoms with Crippen LogP contribution in [0.15, 0.2) is 0 Å². The second-order valence-corrected chi connectivity index (χ2v) is 8.25. The molecular formula is C17H24F6O. The molecule has 0 saturated heterocycles. The van der Waals surface area contributed by atoms with Gasteiger partial charge in [-0.2, -0.15) is 26.3 Å². The molecule has 0 heterocycles. The highest BCUT2D eigenvalue weighted by Crippen LogP contribution is 2.66. The molecule has 140 valence electrons. The second kappa shape index (κ2) is 5.52. The number of hydrogen-bond acceptors (Lipinski definition) is 1. The summed E-state index contributed by atoms with van der Waals surface area (Å²) in [6, 6.07) is 0. The van der Waals surface area contributed by atoms with Gasteiger partial charge in [-0.25, -0.2) is 0 Å². The molecule has 0 aromatic carbocycles. The maximum atomic E-state index is 13.0. The number of fused-ring (bicyclic) bond motifs is 5. The lowest BCUT2D eigenvalue weighted by molar-refractivity contribution is -0.373. The van der Waals surface area contributed by atoms with Crippen LogP contribution < -0.4 is 0 Å². The van der Waals surface area contributed by atoms with E-state index in [9.17, 15) is 31.4 Å². The molecular weight excluding hydrogens is 334 g/mol. The summed E-state index contributed by atoms with van der Waals surface area (Å²) in [6.07, 6.45) is -9.57. The van der Waals surface area contributed by atoms with Crippen molar-refractivity contribution in [3.63, 3.8) is 0 Å². The first-order valence-corrected chi connectivity index (χ1v) is 8.76. The van der Waals surface area contributed by atoms with Crippen LogP contribution in [-0.2, 0) is 0 Å². The number of rotatable bonds is 3. The topological polar surface area (TPSA) is 20.2 Å². The van der Waals surface area contributed by atoms with E-state index in [-0.39, 0.29) is 17.8 Å². The van der Waals surface area contributed by atoms with Gasteiger partial charge < -0.3 is 5.11 Å². The minimum atomic E-state index is -5.69. The van der Waals surface area contributed by atoms with Crippen molar-refractivity contribution in [2.45, 2.75) is 63.9 Å². The molecule has 24 heavy (non-hydrogen) atoms. The molecule has 0 aromatic rings. The van der Waals surface area contributed by atoms with Crippen molar-refractivity contribution in [2.75, 3.05) is 0 Å². The van der Waals surface area contributed by atoms with E-state index in [1.54, 1.807) is 0 Å². The quantitative estimate of drug-likeness (QED) is 0.689. The summed E-state index contributed by atoms with van der Waals surface area (Å²) in [6.45, 7) is 4.20. The zero-order valence-electron chi connectivity index (χ0n) is 13.8. The highest BCUT2D eigenvalue weighted by Gasteiger charge is 2.72. The molecule has 3 fully saturated rings. The molecule has 2 bridgehead atoms. The minimum Gasteiger partial charge on any atom is -0.374 e. The van der Waals surface area contributed by atoms with Crippen molar-refractivity contribution < 1.29 is 31.4 Å². The fourth-order valence-electron chi connectivity index (χ4n) is 6.33. The van der Waals surface area contributed by atoms with Crippen LogP contribution in [0.5, 0.6) is 0 Å². The van der Waals surface area contributed by atoms with E-state index in [1.165, 1.54) is 0 Å². The van der Waals surface area contributed by atoms with Gasteiger partial charge in [-0.15, -0.1) is 0 Å². The summed E-state index contributed by atoms with van der Waals surface area (Å²) in [7, 11) is 0. The van der Waals surface area contributed by atoms with Gasteiger partial charge >= 0.3 is 12.4 Å². The predicted molar refractivity (Wildman–Crippen MR) is 75.9 cm³/mol. The number of halogens is 6. The molecule has 3 aliphatic rings. The van der Waals surface area contributed by atoms with Crippen LogP contribution in [0, 0.1) is 41.4 Å². The number of hydrogen-bond donors (Lipinski definition) is 1. The predicted octanol–water partition coefficient (Wildman–Crippen LogP) is 5.19. The van der Waals surface area contributed by atoms with E-state index in [0.29, 0.717) is 24.2 Å². The molecule has 0 amide bonds. The van der Waals surface area contributed by atoms with Crippen LogP contribution in [0.25, 0.3) is 0 Å². The molecule has 1 N–H and O–H groups in total. The molecule has 1 nitrogen and oxygen atoms in total. The van der Waals surface area contributed by atoms with E-state index in [1.807, 2.05) is 6.92 Å². The molecule has 3 aliphatic carbocycles. The Bertz CT molecular complexity index is 470. The maximum absolute atomic E-state index is 13.0. The number of aliphatic hydroxyl groups is 1. The monoisotopic (exact) mass is 358 g/mol. The van der Waals surface area contributed by atoms with Gasteiger partial charge in [-0.05, 0) is 67.1 Å². The van der Waals surface area contributed by atoms with Crippen molar-refractivity contribution in [1.29, 1.82) is 0 Å². The highest BCUT2D eigenvalue weighted by atomic mass is 19.4. The molecule has 3 saturated carbocycles. The van der Waals surface area contributed by atoms with E-state index in [0.717, 1.165) is 19.3 Å². The summed E-state index contributed by atoms with van der Waals surface area (Å²) in [5, 5.41) is 9.54. The maximum Gasteiger partial charge on any atom is 0.426 e. The van der Waals surface area contributed by atoms with Crippen LogP contribution in [0.3, 0.4) is 0 Å². The normalized spacial score (nSPS) is 42.6. The summed E-state index contributed by atoms with van der Waals surface area (Å²) < 4.78 is 78.0. The van der Waals surface area contributed by atoms with Crippen LogP contribution in [0.1, 0.15) is 46.0 Å². The van der Waals surface area contributed by atoms with Gasteiger partial charge in [0.15, 0.2) is 0 Å². The third-order valence-corrected chi connectivity index (χ3v) is 7.16. The highest BCUT2D eigenvalue weighted by molar-refractivity contribution is 5.09. The van der Waals surface area contributed by atoms with Gasteiger partial charge in [0.1, 0.15) is 0 Å². The van der Waals surface area contributed by atoms with Crippen LogP contribution >= 0.6 is 0 Å². The molecule has 0 aromatic heterocycles. The molecule has 3 rings (SSSR count). The molecule has 0 spiro atoms. The summed E-state index contributed by atoms with van der Waals surface area (Å²) in [5.41, 5.74) is -4.59. The van der Waals surface area contributed by atoms with Gasteiger partial charge in [0.05, 0.1) is 0 Å². The number of alkyl halides is 6. The third-order valence-electron chi connectivity index (χ3n) is 7.16. The average Bonchev–Trinajstić information content (AvgIpc) is 3.07. The van der Waals surface area contributed by atoms with Gasteiger partial charge in [-0.1, -0.05) is 20.3 Å². The minimum absolute atomic E-state index is 0.105. The fourth-order valence-corrected chi connectivity index (χ4v) is 6.33. The Kier molecular flexibility index (Phi) is 4.21. The average molecular weight is 358 g/mol. The second-order valence-electron chi connectivity index (χ2n) is 8.25. The first-order valence-electron chi connectivity index (χ1n) is 8.76. The van der Waals surface area contributed by atoms with Crippen molar-refractivity contribution >= 4 is 0 Å². The molecule has 0 aliphatic heterocycles. The van der Waals surface area contributed by atoms with Gasteiger partial charge in [0, 0.05) is 0 Å². The first kappa shape index (κ1) is 18.3. The Morgan fingerprint density at radius 1 is 0.875 bits per heavy atom. The van der Waals surface area contributed by atoms with Crippen molar-refractivity contribution in [3.8, 4) is 0 Å². The lowest BCUT2D eigenvalue weighted by Gasteiger charge is -2.40. The Morgan fingerprint density at radius 3 is 1.96 bits per heavy atom. The van der Waals surface area contributed by atoms with Gasteiger partial charge in [0.25, 0.3) is 5.60 Å². The van der Waals surface area contributed by atoms with Crippen molar-refractivity contribution in [2.24, 2.45) is 41.4 Å². The SMILES string of the molecule is CCC1CC(C)C2C3CC(CC(O)(C(F)(F)F)C(F)(F)F)C(C3)C12. The van der Waals surface area contributed by atoms with Crippen molar-refractivity contribution in [3.05, 3.63) is 0 Å². The van der Waals surface area contributed by atoms with Gasteiger partial charge in [-0.3, -0.25) is 0 Å². The van der Waals surface area contributed by atoms with Crippen LogP contribution in [0.4, 0.5) is 26.3 Å². The van der Waals surface area contributed by atoms with E-state index < -0.39 is 30.3 Å². The Hall–Kier alpha value is -0.460. The Labute approximate surface area is 137 Å². The van der Waals surface area contributed by atoms with Crippen molar-refractivity contribution in [1.82, 2.24) is 0 Å². The lowest BCUT2D eigenvalue weighted by Crippen LogP contribution is -2.58. The fraction of sp³-hybridized carbons (Fsp3) is 1.00.